The fourth-order valence-electron chi connectivity index (χ4n) is 2.87. The summed E-state index contributed by atoms with van der Waals surface area (Å²) in [5, 5.41) is 12.4. The highest BCUT2D eigenvalue weighted by Gasteiger charge is 2.21. The van der Waals surface area contributed by atoms with Crippen LogP contribution in [0.2, 0.25) is 0 Å². The van der Waals surface area contributed by atoms with Crippen LogP contribution in [0.5, 0.6) is 5.75 Å². The molecule has 0 aromatic heterocycles. The van der Waals surface area contributed by atoms with Gasteiger partial charge in [-0.1, -0.05) is 6.07 Å². The number of carbonyl (C=O) groups is 3. The molecule has 7 nitrogen and oxygen atoms in total. The molecule has 1 fully saturated rings. The summed E-state index contributed by atoms with van der Waals surface area (Å²) >= 11 is 0. The molecule has 1 saturated heterocycles. The molecule has 1 aliphatic heterocycles. The van der Waals surface area contributed by atoms with Crippen LogP contribution in [0, 0.1) is 6.92 Å². The SMILES string of the molecule is Cc1ccc(C(=O)OCC(=O)Nc2ccc(N3CCCC3=O)cc2)c(O)c1. The summed E-state index contributed by atoms with van der Waals surface area (Å²) in [5.41, 5.74) is 2.13. The Balaban J connectivity index is 1.53. The maximum absolute atomic E-state index is 12.0. The fraction of sp³-hybridized carbons (Fsp3) is 0.250. The van der Waals surface area contributed by atoms with E-state index in [1.807, 2.05) is 0 Å². The lowest BCUT2D eigenvalue weighted by molar-refractivity contribution is -0.119. The number of aryl methyl sites for hydroxylation is 1. The van der Waals surface area contributed by atoms with Gasteiger partial charge in [0, 0.05) is 24.3 Å². The van der Waals surface area contributed by atoms with Gasteiger partial charge in [0.1, 0.15) is 11.3 Å². The van der Waals surface area contributed by atoms with Gasteiger partial charge in [0.25, 0.3) is 5.91 Å². The molecule has 0 saturated carbocycles. The molecule has 2 aromatic rings. The molecule has 0 aliphatic carbocycles. The molecule has 1 aliphatic rings. The van der Waals surface area contributed by atoms with Crippen molar-refractivity contribution < 1.29 is 24.2 Å². The number of benzene rings is 2. The Hall–Kier alpha value is -3.35. The van der Waals surface area contributed by atoms with Crippen molar-refractivity contribution in [2.45, 2.75) is 19.8 Å². The number of hydrogen-bond acceptors (Lipinski definition) is 5. The number of phenols is 1. The first-order chi connectivity index (χ1) is 12.9. The van der Waals surface area contributed by atoms with Gasteiger partial charge in [-0.15, -0.1) is 0 Å². The quantitative estimate of drug-likeness (QED) is 0.791. The van der Waals surface area contributed by atoms with Crippen molar-refractivity contribution >= 4 is 29.2 Å². The number of aromatic hydroxyl groups is 1. The van der Waals surface area contributed by atoms with E-state index in [0.717, 1.165) is 17.7 Å². The van der Waals surface area contributed by atoms with E-state index >= 15 is 0 Å². The topological polar surface area (TPSA) is 95.9 Å². The summed E-state index contributed by atoms with van der Waals surface area (Å²) in [5.74, 6) is -1.36. The number of nitrogens with one attached hydrogen (secondary N) is 1. The molecule has 2 amide bonds. The number of rotatable bonds is 5. The summed E-state index contributed by atoms with van der Waals surface area (Å²) in [6.07, 6.45) is 1.40. The van der Waals surface area contributed by atoms with E-state index in [4.69, 9.17) is 4.74 Å². The van der Waals surface area contributed by atoms with Crippen molar-refractivity contribution in [2.75, 3.05) is 23.4 Å². The molecule has 140 valence electrons. The number of anilines is 2. The fourth-order valence-corrected chi connectivity index (χ4v) is 2.87. The molecular formula is C20H20N2O5. The van der Waals surface area contributed by atoms with Gasteiger partial charge in [-0.2, -0.15) is 0 Å². The Bertz CT molecular complexity index is 876. The first kappa shape index (κ1) is 18.4. The van der Waals surface area contributed by atoms with Gasteiger partial charge in [-0.3, -0.25) is 9.59 Å². The highest BCUT2D eigenvalue weighted by Crippen LogP contribution is 2.23. The smallest absolute Gasteiger partial charge is 0.342 e. The standard InChI is InChI=1S/C20H20N2O5/c1-13-4-9-16(17(23)11-13)20(26)27-12-18(24)21-14-5-7-15(8-6-14)22-10-2-3-19(22)25/h4-9,11,23H,2-3,10,12H2,1H3,(H,21,24). The minimum Gasteiger partial charge on any atom is -0.507 e. The highest BCUT2D eigenvalue weighted by atomic mass is 16.5. The predicted molar refractivity (Wildman–Crippen MR) is 99.8 cm³/mol. The zero-order valence-corrected chi connectivity index (χ0v) is 14.9. The third-order valence-corrected chi connectivity index (χ3v) is 4.24. The lowest BCUT2D eigenvalue weighted by Crippen LogP contribution is -2.23. The van der Waals surface area contributed by atoms with Crippen LogP contribution in [0.1, 0.15) is 28.8 Å². The number of esters is 1. The van der Waals surface area contributed by atoms with Gasteiger partial charge in [0.05, 0.1) is 0 Å². The molecule has 27 heavy (non-hydrogen) atoms. The molecule has 0 unspecified atom stereocenters. The Morgan fingerprint density at radius 1 is 1.19 bits per heavy atom. The van der Waals surface area contributed by atoms with E-state index < -0.39 is 18.5 Å². The largest absolute Gasteiger partial charge is 0.507 e. The molecule has 2 aromatic carbocycles. The second kappa shape index (κ2) is 7.90. The third-order valence-electron chi connectivity index (χ3n) is 4.24. The van der Waals surface area contributed by atoms with E-state index in [2.05, 4.69) is 5.32 Å². The monoisotopic (exact) mass is 368 g/mol. The molecule has 0 radical (unpaired) electrons. The molecule has 2 N–H and O–H groups in total. The normalized spacial score (nSPS) is 13.5. The van der Waals surface area contributed by atoms with Crippen molar-refractivity contribution in [3.63, 3.8) is 0 Å². The average molecular weight is 368 g/mol. The zero-order chi connectivity index (χ0) is 19.4. The first-order valence-electron chi connectivity index (χ1n) is 8.61. The van der Waals surface area contributed by atoms with Crippen molar-refractivity contribution in [3.05, 3.63) is 53.6 Å². The lowest BCUT2D eigenvalue weighted by Gasteiger charge is -2.16. The summed E-state index contributed by atoms with van der Waals surface area (Å²) in [7, 11) is 0. The number of nitrogens with zero attached hydrogens (tertiary/aromatic N) is 1. The highest BCUT2D eigenvalue weighted by molar-refractivity contribution is 5.98. The number of carbonyl (C=O) groups excluding carboxylic acids is 3. The Morgan fingerprint density at radius 3 is 2.56 bits per heavy atom. The minimum absolute atomic E-state index is 0.00744. The number of phenolic OH excluding ortho intramolecular Hbond substituents is 1. The molecule has 0 atom stereocenters. The van der Waals surface area contributed by atoms with Gasteiger partial charge in [0.2, 0.25) is 5.91 Å². The van der Waals surface area contributed by atoms with Crippen LogP contribution >= 0.6 is 0 Å². The summed E-state index contributed by atoms with van der Waals surface area (Å²) < 4.78 is 4.94. The third kappa shape index (κ3) is 4.44. The molecule has 3 rings (SSSR count). The van der Waals surface area contributed by atoms with Crippen LogP contribution < -0.4 is 10.2 Å². The van der Waals surface area contributed by atoms with Crippen LogP contribution in [-0.4, -0.2) is 36.0 Å². The average Bonchev–Trinajstić information content (AvgIpc) is 3.06. The van der Waals surface area contributed by atoms with Crippen LogP contribution in [0.25, 0.3) is 0 Å². The minimum atomic E-state index is -0.773. The van der Waals surface area contributed by atoms with Gasteiger partial charge < -0.3 is 20.1 Å². The van der Waals surface area contributed by atoms with E-state index in [-0.39, 0.29) is 17.2 Å². The van der Waals surface area contributed by atoms with Crippen molar-refractivity contribution in [1.29, 1.82) is 0 Å². The van der Waals surface area contributed by atoms with Gasteiger partial charge >= 0.3 is 5.97 Å². The zero-order valence-electron chi connectivity index (χ0n) is 14.9. The van der Waals surface area contributed by atoms with Crippen LogP contribution in [0.4, 0.5) is 11.4 Å². The number of ether oxygens (including phenoxy) is 1. The maximum atomic E-state index is 12.0. The lowest BCUT2D eigenvalue weighted by atomic mass is 10.1. The van der Waals surface area contributed by atoms with E-state index in [0.29, 0.717) is 18.7 Å². The second-order valence-corrected chi connectivity index (χ2v) is 6.34. The Kier molecular flexibility index (Phi) is 5.40. The summed E-state index contributed by atoms with van der Waals surface area (Å²) in [6.45, 7) is 2.01. The van der Waals surface area contributed by atoms with Gasteiger partial charge in [0.15, 0.2) is 6.61 Å². The van der Waals surface area contributed by atoms with Crippen LogP contribution in [-0.2, 0) is 14.3 Å². The van der Waals surface area contributed by atoms with Crippen molar-refractivity contribution in [1.82, 2.24) is 0 Å². The molecule has 0 bridgehead atoms. The Morgan fingerprint density at radius 2 is 1.93 bits per heavy atom. The predicted octanol–water partition coefficient (Wildman–Crippen LogP) is 2.62. The number of amides is 2. The van der Waals surface area contributed by atoms with Gasteiger partial charge in [-0.05, 0) is 55.3 Å². The van der Waals surface area contributed by atoms with Crippen molar-refractivity contribution in [3.8, 4) is 5.75 Å². The Labute approximate surface area is 156 Å². The van der Waals surface area contributed by atoms with Gasteiger partial charge in [-0.25, -0.2) is 4.79 Å². The van der Waals surface area contributed by atoms with E-state index in [1.54, 1.807) is 42.2 Å². The summed E-state index contributed by atoms with van der Waals surface area (Å²) in [6, 6.07) is 11.5. The second-order valence-electron chi connectivity index (χ2n) is 6.34. The molecule has 7 heteroatoms. The first-order valence-corrected chi connectivity index (χ1v) is 8.61. The molecular weight excluding hydrogens is 348 g/mol. The summed E-state index contributed by atoms with van der Waals surface area (Å²) in [4.78, 5) is 37.4. The van der Waals surface area contributed by atoms with Crippen LogP contribution in [0.3, 0.4) is 0 Å². The van der Waals surface area contributed by atoms with E-state index in [9.17, 15) is 19.5 Å². The van der Waals surface area contributed by atoms with E-state index in [1.165, 1.54) is 12.1 Å². The maximum Gasteiger partial charge on any atom is 0.342 e. The van der Waals surface area contributed by atoms with Crippen LogP contribution in [0.15, 0.2) is 42.5 Å². The molecule has 0 spiro atoms. The molecule has 1 heterocycles. The number of hydrogen-bond donors (Lipinski definition) is 2. The van der Waals surface area contributed by atoms with Crippen molar-refractivity contribution in [2.24, 2.45) is 0 Å².